The fourth-order valence-corrected chi connectivity index (χ4v) is 0.856. The molecule has 0 aliphatic rings. The molecular weight excluding hydrogens is 152 g/mol. The van der Waals surface area contributed by atoms with Gasteiger partial charge in [-0.05, 0) is 17.7 Å². The van der Waals surface area contributed by atoms with Crippen LogP contribution < -0.4 is 0 Å². The average molecular weight is 166 g/mol. The predicted octanol–water partition coefficient (Wildman–Crippen LogP) is 2.29. The Morgan fingerprint density at radius 1 is 1.42 bits per heavy atom. The van der Waals surface area contributed by atoms with Crippen LogP contribution in [-0.4, -0.2) is 16.4 Å². The molecule has 1 rings (SSSR count). The molecule has 1 aromatic heterocycles. The number of hydrogen-bond acceptors (Lipinski definition) is 3. The minimum Gasteiger partial charge on any atom is -0.169 e. The molecule has 0 bridgehead atoms. The van der Waals surface area contributed by atoms with Crippen LogP contribution in [0.15, 0.2) is 28.8 Å². The first-order valence-electron chi connectivity index (χ1n) is 4.31. The molecule has 0 aliphatic heterocycles. The smallest absolute Gasteiger partial charge is 0.0621 e. The van der Waals surface area contributed by atoms with Crippen molar-refractivity contribution in [2.24, 2.45) is 10.3 Å². The summed E-state index contributed by atoms with van der Waals surface area (Å²) in [6, 6.07) is 1.82. The van der Waals surface area contributed by atoms with Crippen LogP contribution in [0, 0.1) is 0 Å². The number of unbranched alkanes of at least 4 members (excludes halogenated alkanes) is 2. The van der Waals surface area contributed by atoms with E-state index in [9.17, 15) is 0 Å². The number of hydrogen-bond donors (Lipinski definition) is 0. The lowest BCUT2D eigenvalue weighted by Crippen LogP contribution is -1.87. The molecular formula is C8H14N4. The molecule has 0 N–H and O–H groups in total. The van der Waals surface area contributed by atoms with Crippen LogP contribution in [0.1, 0.15) is 26.2 Å². The van der Waals surface area contributed by atoms with Crippen LogP contribution >= 0.6 is 0 Å². The lowest BCUT2D eigenvalue weighted by Gasteiger charge is -1.90. The van der Waals surface area contributed by atoms with E-state index >= 15 is 0 Å². The standard InChI is InChI=1S/C8H14N4/c1-2-3-4-6-9-11-12-8-5-7-10-12/h5,7-8H,2-4,6H2,1H3. The Labute approximate surface area is 72.3 Å². The fraction of sp³-hybridized carbons (Fsp3) is 0.625. The topological polar surface area (TPSA) is 42.5 Å². The highest BCUT2D eigenvalue weighted by Gasteiger charge is 1.84. The van der Waals surface area contributed by atoms with Crippen LogP contribution in [0.2, 0.25) is 0 Å². The van der Waals surface area contributed by atoms with Gasteiger partial charge in [-0.1, -0.05) is 19.8 Å². The zero-order valence-corrected chi connectivity index (χ0v) is 7.35. The van der Waals surface area contributed by atoms with Crippen LogP contribution in [0.3, 0.4) is 0 Å². The second-order valence-electron chi connectivity index (χ2n) is 2.59. The Hall–Kier alpha value is -1.19. The highest BCUT2D eigenvalue weighted by atomic mass is 15.6. The number of rotatable bonds is 5. The Morgan fingerprint density at radius 3 is 3.00 bits per heavy atom. The second-order valence-corrected chi connectivity index (χ2v) is 2.59. The minimum absolute atomic E-state index is 0.799. The van der Waals surface area contributed by atoms with E-state index in [1.807, 2.05) is 6.07 Å². The third-order valence-corrected chi connectivity index (χ3v) is 1.51. The zero-order chi connectivity index (χ0) is 8.65. The second kappa shape index (κ2) is 5.46. The molecule has 0 radical (unpaired) electrons. The van der Waals surface area contributed by atoms with Crippen molar-refractivity contribution in [1.29, 1.82) is 0 Å². The van der Waals surface area contributed by atoms with Crippen molar-refractivity contribution in [3.63, 3.8) is 0 Å². The van der Waals surface area contributed by atoms with Gasteiger partial charge in [0.1, 0.15) is 0 Å². The average Bonchev–Trinajstić information content (AvgIpc) is 2.57. The van der Waals surface area contributed by atoms with Gasteiger partial charge in [0.2, 0.25) is 0 Å². The third kappa shape index (κ3) is 3.27. The molecule has 0 saturated carbocycles. The van der Waals surface area contributed by atoms with E-state index in [0.29, 0.717) is 0 Å². The first kappa shape index (κ1) is 8.90. The predicted molar refractivity (Wildman–Crippen MR) is 46.9 cm³/mol. The van der Waals surface area contributed by atoms with Gasteiger partial charge in [0, 0.05) is 0 Å². The van der Waals surface area contributed by atoms with E-state index in [4.69, 9.17) is 0 Å². The first-order chi connectivity index (χ1) is 5.93. The molecule has 0 unspecified atom stereocenters. The maximum Gasteiger partial charge on any atom is 0.0621 e. The molecule has 1 aromatic rings. The highest BCUT2D eigenvalue weighted by molar-refractivity contribution is 4.76. The van der Waals surface area contributed by atoms with Crippen molar-refractivity contribution >= 4 is 0 Å². The molecule has 0 atom stereocenters. The zero-order valence-electron chi connectivity index (χ0n) is 7.35. The summed E-state index contributed by atoms with van der Waals surface area (Å²) in [6.45, 7) is 2.97. The van der Waals surface area contributed by atoms with Gasteiger partial charge < -0.3 is 0 Å². The summed E-state index contributed by atoms with van der Waals surface area (Å²) < 4.78 is 0. The van der Waals surface area contributed by atoms with E-state index in [1.165, 1.54) is 17.6 Å². The minimum atomic E-state index is 0.799. The molecule has 4 heteroatoms. The summed E-state index contributed by atoms with van der Waals surface area (Å²) >= 11 is 0. The van der Waals surface area contributed by atoms with Gasteiger partial charge in [0.15, 0.2) is 0 Å². The van der Waals surface area contributed by atoms with E-state index in [2.05, 4.69) is 22.4 Å². The van der Waals surface area contributed by atoms with Crippen molar-refractivity contribution in [3.05, 3.63) is 18.5 Å². The molecule has 0 saturated heterocycles. The third-order valence-electron chi connectivity index (χ3n) is 1.51. The lowest BCUT2D eigenvalue weighted by molar-refractivity contribution is 0.635. The lowest BCUT2D eigenvalue weighted by atomic mass is 10.3. The Bertz CT molecular complexity index is 215. The Morgan fingerprint density at radius 2 is 2.33 bits per heavy atom. The number of nitrogens with zero attached hydrogens (tertiary/aromatic N) is 4. The summed E-state index contributed by atoms with van der Waals surface area (Å²) in [7, 11) is 0. The molecule has 0 aromatic carbocycles. The fourth-order valence-electron chi connectivity index (χ4n) is 0.856. The van der Waals surface area contributed by atoms with E-state index in [1.54, 1.807) is 12.4 Å². The van der Waals surface area contributed by atoms with Gasteiger partial charge >= 0.3 is 0 Å². The molecule has 0 fully saturated rings. The molecule has 1 heterocycles. The Kier molecular flexibility index (Phi) is 4.05. The van der Waals surface area contributed by atoms with E-state index < -0.39 is 0 Å². The molecule has 0 spiro atoms. The summed E-state index contributed by atoms with van der Waals surface area (Å²) in [6.07, 6.45) is 7.01. The van der Waals surface area contributed by atoms with Gasteiger partial charge in [-0.2, -0.15) is 10.2 Å². The summed E-state index contributed by atoms with van der Waals surface area (Å²) in [5.41, 5.74) is 0. The Balaban J connectivity index is 2.14. The summed E-state index contributed by atoms with van der Waals surface area (Å²) in [5.74, 6) is 0. The maximum absolute atomic E-state index is 3.98. The monoisotopic (exact) mass is 166 g/mol. The summed E-state index contributed by atoms with van der Waals surface area (Å²) in [4.78, 5) is 1.46. The quantitative estimate of drug-likeness (QED) is 0.488. The van der Waals surface area contributed by atoms with Crippen LogP contribution in [0.4, 0.5) is 0 Å². The van der Waals surface area contributed by atoms with Gasteiger partial charge in [-0.25, -0.2) is 0 Å². The van der Waals surface area contributed by atoms with Gasteiger partial charge in [0.05, 0.1) is 18.9 Å². The van der Waals surface area contributed by atoms with Crippen molar-refractivity contribution in [2.45, 2.75) is 26.2 Å². The molecule has 0 aliphatic carbocycles. The normalized spacial score (nSPS) is 11.1. The summed E-state index contributed by atoms with van der Waals surface area (Å²) in [5, 5.41) is 11.7. The van der Waals surface area contributed by atoms with Crippen molar-refractivity contribution in [3.8, 4) is 0 Å². The van der Waals surface area contributed by atoms with Gasteiger partial charge in [-0.15, -0.1) is 4.79 Å². The molecule has 66 valence electrons. The molecule has 12 heavy (non-hydrogen) atoms. The van der Waals surface area contributed by atoms with Crippen LogP contribution in [0.25, 0.3) is 0 Å². The van der Waals surface area contributed by atoms with Gasteiger partial charge in [0.25, 0.3) is 0 Å². The largest absolute Gasteiger partial charge is 0.169 e. The van der Waals surface area contributed by atoms with E-state index in [0.717, 1.165) is 13.0 Å². The SMILES string of the molecule is CCCCCN=Nn1cccn1. The van der Waals surface area contributed by atoms with Crippen LogP contribution in [0.5, 0.6) is 0 Å². The van der Waals surface area contributed by atoms with Gasteiger partial charge in [-0.3, -0.25) is 0 Å². The van der Waals surface area contributed by atoms with Crippen LogP contribution in [-0.2, 0) is 0 Å². The van der Waals surface area contributed by atoms with Crippen molar-refractivity contribution in [2.75, 3.05) is 6.54 Å². The first-order valence-corrected chi connectivity index (χ1v) is 4.31. The molecule has 0 amide bonds. The maximum atomic E-state index is 3.98. The van der Waals surface area contributed by atoms with Crippen molar-refractivity contribution < 1.29 is 0 Å². The van der Waals surface area contributed by atoms with E-state index in [-0.39, 0.29) is 0 Å². The number of aromatic nitrogens is 2. The van der Waals surface area contributed by atoms with Crippen molar-refractivity contribution in [1.82, 2.24) is 9.89 Å². The molecule has 4 nitrogen and oxygen atoms in total. The highest BCUT2D eigenvalue weighted by Crippen LogP contribution is 1.94.